The minimum atomic E-state index is -3.59. The maximum absolute atomic E-state index is 12.7. The molecule has 1 saturated heterocycles. The first-order valence-electron chi connectivity index (χ1n) is 7.06. The van der Waals surface area contributed by atoms with Crippen LogP contribution in [0.2, 0.25) is 0 Å². The van der Waals surface area contributed by atoms with Gasteiger partial charge in [-0.25, -0.2) is 13.2 Å². The molecule has 1 aromatic rings. The van der Waals surface area contributed by atoms with Gasteiger partial charge in [-0.05, 0) is 48.0 Å². The van der Waals surface area contributed by atoms with Crippen molar-refractivity contribution in [3.05, 3.63) is 28.2 Å². The van der Waals surface area contributed by atoms with Crippen molar-refractivity contribution in [2.24, 2.45) is 0 Å². The van der Waals surface area contributed by atoms with Gasteiger partial charge in [0.2, 0.25) is 10.0 Å². The van der Waals surface area contributed by atoms with Crippen molar-refractivity contribution in [3.63, 3.8) is 0 Å². The molecule has 1 unspecified atom stereocenters. The SMILES string of the molecule is CCOC(=O)c1ccc(S(=O)(=O)N2CCNC(C)C2)c(Br)c1. The van der Waals surface area contributed by atoms with Gasteiger partial charge < -0.3 is 10.1 Å². The summed E-state index contributed by atoms with van der Waals surface area (Å²) in [6, 6.07) is 4.51. The number of nitrogens with zero attached hydrogens (tertiary/aromatic N) is 1. The van der Waals surface area contributed by atoms with Gasteiger partial charge in [0, 0.05) is 30.1 Å². The fraction of sp³-hybridized carbons (Fsp3) is 0.500. The minimum absolute atomic E-state index is 0.112. The zero-order chi connectivity index (χ0) is 16.3. The van der Waals surface area contributed by atoms with Gasteiger partial charge in [0.1, 0.15) is 0 Å². The van der Waals surface area contributed by atoms with Crippen molar-refractivity contribution < 1.29 is 17.9 Å². The Kier molecular flexibility index (Phi) is 5.60. The van der Waals surface area contributed by atoms with E-state index in [9.17, 15) is 13.2 Å². The van der Waals surface area contributed by atoms with Gasteiger partial charge in [-0.15, -0.1) is 0 Å². The van der Waals surface area contributed by atoms with Crippen molar-refractivity contribution in [1.82, 2.24) is 9.62 Å². The molecule has 0 spiro atoms. The zero-order valence-electron chi connectivity index (χ0n) is 12.5. The maximum atomic E-state index is 12.7. The van der Waals surface area contributed by atoms with E-state index in [4.69, 9.17) is 4.74 Å². The van der Waals surface area contributed by atoms with Crippen LogP contribution in [0.25, 0.3) is 0 Å². The molecule has 2 rings (SSSR count). The number of halogens is 1. The number of rotatable bonds is 4. The topological polar surface area (TPSA) is 75.7 Å². The fourth-order valence-electron chi connectivity index (χ4n) is 2.31. The van der Waals surface area contributed by atoms with Crippen molar-refractivity contribution in [3.8, 4) is 0 Å². The lowest BCUT2D eigenvalue weighted by Crippen LogP contribution is -2.51. The molecule has 0 aromatic heterocycles. The monoisotopic (exact) mass is 390 g/mol. The Morgan fingerprint density at radius 2 is 2.23 bits per heavy atom. The van der Waals surface area contributed by atoms with Crippen LogP contribution in [0.15, 0.2) is 27.6 Å². The minimum Gasteiger partial charge on any atom is -0.462 e. The summed E-state index contributed by atoms with van der Waals surface area (Å²) < 4.78 is 32.2. The number of carbonyl (C=O) groups is 1. The number of sulfonamides is 1. The summed E-state index contributed by atoms with van der Waals surface area (Å²) in [5, 5.41) is 3.21. The first-order valence-corrected chi connectivity index (χ1v) is 9.29. The third kappa shape index (κ3) is 3.68. The van der Waals surface area contributed by atoms with E-state index in [-0.39, 0.29) is 17.5 Å². The van der Waals surface area contributed by atoms with Crippen LogP contribution in [0.4, 0.5) is 0 Å². The summed E-state index contributed by atoms with van der Waals surface area (Å²) in [4.78, 5) is 11.9. The molecule has 6 nitrogen and oxygen atoms in total. The molecular weight excluding hydrogens is 372 g/mol. The highest BCUT2D eigenvalue weighted by Crippen LogP contribution is 2.27. The first-order chi connectivity index (χ1) is 10.4. The highest BCUT2D eigenvalue weighted by Gasteiger charge is 2.30. The molecule has 1 fully saturated rings. The lowest BCUT2D eigenvalue weighted by atomic mass is 10.2. The van der Waals surface area contributed by atoms with Crippen LogP contribution in [0, 0.1) is 0 Å². The van der Waals surface area contributed by atoms with Crippen LogP contribution < -0.4 is 5.32 Å². The molecule has 0 amide bonds. The van der Waals surface area contributed by atoms with E-state index in [1.54, 1.807) is 6.92 Å². The Hall–Kier alpha value is -0.960. The number of ether oxygens (including phenoxy) is 1. The standard InChI is InChI=1S/C14H19BrN2O4S/c1-3-21-14(18)11-4-5-13(12(15)8-11)22(19,20)17-7-6-16-10(2)9-17/h4-5,8,10,16H,3,6-7,9H2,1-2H3. The van der Waals surface area contributed by atoms with E-state index >= 15 is 0 Å². The van der Waals surface area contributed by atoms with E-state index in [1.807, 2.05) is 6.92 Å². The summed E-state index contributed by atoms with van der Waals surface area (Å²) in [5.74, 6) is -0.469. The van der Waals surface area contributed by atoms with Crippen LogP contribution in [0.1, 0.15) is 24.2 Å². The van der Waals surface area contributed by atoms with Crippen LogP contribution >= 0.6 is 15.9 Å². The third-order valence-corrected chi connectivity index (χ3v) is 6.23. The van der Waals surface area contributed by atoms with Gasteiger partial charge in [0.25, 0.3) is 0 Å². The predicted molar refractivity (Wildman–Crippen MR) is 86.3 cm³/mol. The predicted octanol–water partition coefficient (Wildman–Crippen LogP) is 1.61. The quantitative estimate of drug-likeness (QED) is 0.790. The Morgan fingerprint density at radius 3 is 2.82 bits per heavy atom. The Labute approximate surface area is 139 Å². The average Bonchev–Trinajstić information content (AvgIpc) is 2.47. The number of hydrogen-bond donors (Lipinski definition) is 1. The highest BCUT2D eigenvalue weighted by molar-refractivity contribution is 9.10. The van der Waals surface area contributed by atoms with E-state index in [0.29, 0.717) is 29.7 Å². The molecule has 0 aliphatic carbocycles. The van der Waals surface area contributed by atoms with Crippen LogP contribution in [-0.4, -0.2) is 51.0 Å². The van der Waals surface area contributed by atoms with Crippen molar-refractivity contribution in [2.75, 3.05) is 26.2 Å². The van der Waals surface area contributed by atoms with Crippen molar-refractivity contribution in [2.45, 2.75) is 24.8 Å². The van der Waals surface area contributed by atoms with E-state index < -0.39 is 16.0 Å². The molecule has 22 heavy (non-hydrogen) atoms. The summed E-state index contributed by atoms with van der Waals surface area (Å²) in [5.41, 5.74) is 0.321. The Morgan fingerprint density at radius 1 is 1.50 bits per heavy atom. The molecule has 1 aromatic carbocycles. The molecule has 1 N–H and O–H groups in total. The summed E-state index contributed by atoms with van der Waals surface area (Å²) in [6.07, 6.45) is 0. The molecular formula is C14H19BrN2O4S. The highest BCUT2D eigenvalue weighted by atomic mass is 79.9. The van der Waals surface area contributed by atoms with Gasteiger partial charge in [-0.3, -0.25) is 0 Å². The molecule has 1 aliphatic rings. The van der Waals surface area contributed by atoms with Gasteiger partial charge in [-0.2, -0.15) is 4.31 Å². The van der Waals surface area contributed by atoms with E-state index in [2.05, 4.69) is 21.2 Å². The van der Waals surface area contributed by atoms with Crippen molar-refractivity contribution >= 4 is 31.9 Å². The number of nitrogens with one attached hydrogen (secondary N) is 1. The van der Waals surface area contributed by atoms with Gasteiger partial charge in [-0.1, -0.05) is 0 Å². The van der Waals surface area contributed by atoms with Gasteiger partial charge >= 0.3 is 5.97 Å². The van der Waals surface area contributed by atoms with Crippen LogP contribution in [-0.2, 0) is 14.8 Å². The largest absolute Gasteiger partial charge is 0.462 e. The second-order valence-electron chi connectivity index (χ2n) is 5.08. The molecule has 0 saturated carbocycles. The van der Waals surface area contributed by atoms with Gasteiger partial charge in [0.15, 0.2) is 0 Å². The molecule has 8 heteroatoms. The lowest BCUT2D eigenvalue weighted by molar-refractivity contribution is 0.0526. The number of benzene rings is 1. The van der Waals surface area contributed by atoms with Crippen molar-refractivity contribution in [1.29, 1.82) is 0 Å². The smallest absolute Gasteiger partial charge is 0.338 e. The molecule has 1 heterocycles. The third-order valence-electron chi connectivity index (χ3n) is 3.39. The number of carbonyl (C=O) groups excluding carboxylic acids is 1. The van der Waals surface area contributed by atoms with Gasteiger partial charge in [0.05, 0.1) is 17.1 Å². The number of esters is 1. The molecule has 0 radical (unpaired) electrons. The Balaban J connectivity index is 2.30. The molecule has 1 aliphatic heterocycles. The average molecular weight is 391 g/mol. The van der Waals surface area contributed by atoms with E-state index in [1.165, 1.54) is 22.5 Å². The first kappa shape index (κ1) is 17.4. The zero-order valence-corrected chi connectivity index (χ0v) is 14.9. The number of hydrogen-bond acceptors (Lipinski definition) is 5. The second-order valence-corrected chi connectivity index (χ2v) is 7.84. The fourth-order valence-corrected chi connectivity index (χ4v) is 4.87. The summed E-state index contributed by atoms with van der Waals surface area (Å²) >= 11 is 3.25. The molecule has 122 valence electrons. The van der Waals surface area contributed by atoms with Crippen LogP contribution in [0.3, 0.4) is 0 Å². The molecule has 1 atom stereocenters. The second kappa shape index (κ2) is 7.08. The Bertz CT molecular complexity index is 663. The number of piperazine rings is 1. The van der Waals surface area contributed by atoms with E-state index in [0.717, 1.165) is 0 Å². The summed E-state index contributed by atoms with van der Waals surface area (Å²) in [6.45, 7) is 5.42. The maximum Gasteiger partial charge on any atom is 0.338 e. The molecule has 0 bridgehead atoms. The van der Waals surface area contributed by atoms with Crippen LogP contribution in [0.5, 0.6) is 0 Å². The lowest BCUT2D eigenvalue weighted by Gasteiger charge is -2.31. The summed E-state index contributed by atoms with van der Waals surface area (Å²) in [7, 11) is -3.59. The normalized spacial score (nSPS) is 19.9.